The first-order valence-electron chi connectivity index (χ1n) is 20.9. The van der Waals surface area contributed by atoms with Crippen LogP contribution in [0.25, 0.3) is 0 Å². The number of ether oxygens (including phenoxy) is 10. The zero-order valence-corrected chi connectivity index (χ0v) is 37.8. The maximum absolute atomic E-state index is 12.8. The Labute approximate surface area is 365 Å². The summed E-state index contributed by atoms with van der Waals surface area (Å²) in [7, 11) is 5.68. The molecule has 0 N–H and O–H groups in total. The van der Waals surface area contributed by atoms with Gasteiger partial charge in [0.1, 0.15) is 46.0 Å². The van der Waals surface area contributed by atoms with Crippen molar-refractivity contribution >= 4 is 11.9 Å². The molecule has 0 saturated carbocycles. The Hall–Kier alpha value is -6.00. The molecular formula is C46H62N4O12. The summed E-state index contributed by atoms with van der Waals surface area (Å²) in [5, 5.41) is 0. The third-order valence-corrected chi connectivity index (χ3v) is 9.34. The van der Waals surface area contributed by atoms with Gasteiger partial charge in [-0.3, -0.25) is 9.80 Å². The van der Waals surface area contributed by atoms with E-state index in [-0.39, 0.29) is 24.5 Å². The van der Waals surface area contributed by atoms with Crippen LogP contribution in [-0.2, 0) is 35.7 Å². The molecule has 2 aromatic carbocycles. The summed E-state index contributed by atoms with van der Waals surface area (Å²) < 4.78 is 57.9. The van der Waals surface area contributed by atoms with E-state index in [9.17, 15) is 9.59 Å². The van der Waals surface area contributed by atoms with E-state index in [1.165, 1.54) is 28.4 Å². The molecule has 0 aliphatic rings. The fourth-order valence-electron chi connectivity index (χ4n) is 6.69. The van der Waals surface area contributed by atoms with Crippen molar-refractivity contribution < 1.29 is 57.0 Å². The number of methoxy groups -OCH3 is 4. The van der Waals surface area contributed by atoms with Crippen LogP contribution < -0.4 is 37.9 Å². The van der Waals surface area contributed by atoms with E-state index in [4.69, 9.17) is 47.4 Å². The van der Waals surface area contributed by atoms with Crippen LogP contribution in [0.2, 0.25) is 0 Å². The average molecular weight is 863 g/mol. The van der Waals surface area contributed by atoms with E-state index in [0.29, 0.717) is 123 Å². The molecule has 0 spiro atoms. The summed E-state index contributed by atoms with van der Waals surface area (Å²) in [6.45, 7) is 16.3. The molecule has 338 valence electrons. The molecule has 4 rings (SSSR count). The lowest BCUT2D eigenvalue weighted by Gasteiger charge is -2.30. The van der Waals surface area contributed by atoms with E-state index in [1.807, 2.05) is 65.8 Å². The topological polar surface area (TPSA) is 159 Å². The largest absolute Gasteiger partial charge is 0.497 e. The van der Waals surface area contributed by atoms with Crippen LogP contribution in [0.4, 0.5) is 0 Å². The summed E-state index contributed by atoms with van der Waals surface area (Å²) >= 11 is 0. The van der Waals surface area contributed by atoms with Crippen molar-refractivity contribution in [1.29, 1.82) is 0 Å². The Morgan fingerprint density at radius 3 is 1.03 bits per heavy atom. The van der Waals surface area contributed by atoms with Crippen LogP contribution in [0.3, 0.4) is 0 Å². The molecule has 2 aromatic heterocycles. The third-order valence-electron chi connectivity index (χ3n) is 9.34. The predicted molar refractivity (Wildman–Crippen MR) is 232 cm³/mol. The molecule has 16 nitrogen and oxygen atoms in total. The number of carbonyl (C=O) groups excluding carboxylic acids is 2. The molecule has 2 heterocycles. The van der Waals surface area contributed by atoms with Crippen molar-refractivity contribution in [2.24, 2.45) is 0 Å². The van der Waals surface area contributed by atoms with Crippen molar-refractivity contribution in [3.8, 4) is 46.0 Å². The average Bonchev–Trinajstić information content (AvgIpc) is 3.27. The number of hydrogen-bond acceptors (Lipinski definition) is 16. The van der Waals surface area contributed by atoms with E-state index in [0.717, 1.165) is 11.1 Å². The van der Waals surface area contributed by atoms with Gasteiger partial charge in [0.15, 0.2) is 11.4 Å². The molecule has 0 unspecified atom stereocenters. The third kappa shape index (κ3) is 13.8. The molecule has 0 atom stereocenters. The van der Waals surface area contributed by atoms with E-state index in [2.05, 4.69) is 19.8 Å². The van der Waals surface area contributed by atoms with Crippen molar-refractivity contribution in [3.63, 3.8) is 0 Å². The lowest BCUT2D eigenvalue weighted by molar-refractivity contribution is 0.0584. The van der Waals surface area contributed by atoms with Crippen LogP contribution in [0.5, 0.6) is 46.0 Å². The van der Waals surface area contributed by atoms with Crippen LogP contribution in [0, 0.1) is 0 Å². The highest BCUT2D eigenvalue weighted by atomic mass is 16.5. The first kappa shape index (κ1) is 48.7. The molecule has 0 bridgehead atoms. The summed E-state index contributed by atoms with van der Waals surface area (Å²) in [5.41, 5.74) is 2.98. The second-order valence-electron chi connectivity index (χ2n) is 13.6. The summed E-state index contributed by atoms with van der Waals surface area (Å²) in [4.78, 5) is 39.2. The van der Waals surface area contributed by atoms with Crippen molar-refractivity contribution in [3.05, 3.63) is 82.4 Å². The van der Waals surface area contributed by atoms with Crippen LogP contribution in [-0.4, -0.2) is 113 Å². The molecular weight excluding hydrogens is 801 g/mol. The standard InChI is InChI=1S/C46H62N4O12/c1-11-57-35-23-41(59-13-3)37(42(24-35)60-14-4)29-49(27-31-19-33(53-7)21-39(47-31)45(51)55-9)17-18-50(28-32-20-34(54-8)22-40(48-32)46(52)56-10)30-38-43(61-15-5)25-36(58-12-2)26-44(38)62-16-6/h19-26H,11-18,27-30H2,1-10H3. The van der Waals surface area contributed by atoms with Crippen molar-refractivity contribution in [2.75, 3.05) is 81.2 Å². The molecule has 0 fully saturated rings. The van der Waals surface area contributed by atoms with Gasteiger partial charge in [0.25, 0.3) is 0 Å². The van der Waals surface area contributed by atoms with Crippen LogP contribution in [0.1, 0.15) is 85.0 Å². The second-order valence-corrected chi connectivity index (χ2v) is 13.6. The molecule has 0 aliphatic heterocycles. The predicted octanol–water partition coefficient (Wildman–Crippen LogP) is 7.16. The quantitative estimate of drug-likeness (QED) is 0.0555. The van der Waals surface area contributed by atoms with E-state index < -0.39 is 11.9 Å². The molecule has 0 aliphatic carbocycles. The highest BCUT2D eigenvalue weighted by Gasteiger charge is 2.24. The van der Waals surface area contributed by atoms with Crippen LogP contribution >= 0.6 is 0 Å². The number of benzene rings is 2. The summed E-state index contributed by atoms with van der Waals surface area (Å²) in [6.07, 6.45) is 0. The normalized spacial score (nSPS) is 11.0. The molecule has 62 heavy (non-hydrogen) atoms. The summed E-state index contributed by atoms with van der Waals surface area (Å²) in [6, 6.07) is 14.2. The Bertz CT molecular complexity index is 1860. The minimum atomic E-state index is -0.589. The molecule has 0 saturated heterocycles. The maximum atomic E-state index is 12.8. The SMILES string of the molecule is CCOc1cc(OCC)c(CN(CCN(Cc2cc(OC)cc(C(=O)OC)n2)Cc2c(OCC)cc(OCC)cc2OCC)Cc2cc(OC)cc(C(=O)OC)n2)c(OCC)c1. The zero-order valence-electron chi connectivity index (χ0n) is 37.8. The summed E-state index contributed by atoms with van der Waals surface area (Å²) in [5.74, 6) is 3.45. The maximum Gasteiger partial charge on any atom is 0.356 e. The molecule has 0 amide bonds. The van der Waals surface area contributed by atoms with Gasteiger partial charge < -0.3 is 47.4 Å². The van der Waals surface area contributed by atoms with Gasteiger partial charge in [-0.15, -0.1) is 0 Å². The highest BCUT2D eigenvalue weighted by molar-refractivity contribution is 5.88. The molecule has 0 radical (unpaired) electrons. The van der Waals surface area contributed by atoms with Gasteiger partial charge in [0.05, 0.1) is 90.6 Å². The van der Waals surface area contributed by atoms with Gasteiger partial charge in [0.2, 0.25) is 0 Å². The Morgan fingerprint density at radius 1 is 0.435 bits per heavy atom. The van der Waals surface area contributed by atoms with Gasteiger partial charge in [-0.05, 0) is 41.5 Å². The zero-order chi connectivity index (χ0) is 45.0. The van der Waals surface area contributed by atoms with Crippen molar-refractivity contribution in [1.82, 2.24) is 19.8 Å². The monoisotopic (exact) mass is 862 g/mol. The molecule has 4 aromatic rings. The Kier molecular flexibility index (Phi) is 19.7. The number of carbonyl (C=O) groups is 2. The second kappa shape index (κ2) is 25.1. The van der Waals surface area contributed by atoms with Gasteiger partial charge in [-0.25, -0.2) is 19.6 Å². The number of rotatable bonds is 27. The minimum Gasteiger partial charge on any atom is -0.497 e. The van der Waals surface area contributed by atoms with Gasteiger partial charge >= 0.3 is 11.9 Å². The van der Waals surface area contributed by atoms with Gasteiger partial charge in [-0.1, -0.05) is 0 Å². The lowest BCUT2D eigenvalue weighted by atomic mass is 10.1. The number of pyridine rings is 2. The molecule has 16 heteroatoms. The van der Waals surface area contributed by atoms with E-state index >= 15 is 0 Å². The van der Waals surface area contributed by atoms with E-state index in [1.54, 1.807) is 24.3 Å². The van der Waals surface area contributed by atoms with Gasteiger partial charge in [-0.2, -0.15) is 0 Å². The highest BCUT2D eigenvalue weighted by Crippen LogP contribution is 2.38. The lowest BCUT2D eigenvalue weighted by Crippen LogP contribution is -2.35. The fraction of sp³-hybridized carbons (Fsp3) is 0.478. The number of hydrogen-bond donors (Lipinski definition) is 0. The van der Waals surface area contributed by atoms with Crippen LogP contribution in [0.15, 0.2) is 48.5 Å². The first-order chi connectivity index (χ1) is 30.1. The first-order valence-corrected chi connectivity index (χ1v) is 20.9. The Balaban J connectivity index is 1.88. The van der Waals surface area contributed by atoms with Crippen molar-refractivity contribution in [2.45, 2.75) is 67.7 Å². The number of esters is 2. The smallest absolute Gasteiger partial charge is 0.356 e. The van der Waals surface area contributed by atoms with Gasteiger partial charge in [0, 0.05) is 87.8 Å². The fourth-order valence-corrected chi connectivity index (χ4v) is 6.69. The number of aromatic nitrogens is 2. The Morgan fingerprint density at radius 2 is 0.758 bits per heavy atom. The number of nitrogens with zero attached hydrogens (tertiary/aromatic N) is 4. The minimum absolute atomic E-state index is 0.113.